The van der Waals surface area contributed by atoms with E-state index in [2.05, 4.69) is 20.5 Å². The normalized spacial score (nSPS) is 11.5. The number of halogens is 3. The van der Waals surface area contributed by atoms with E-state index in [1.807, 2.05) is 0 Å². The number of carbonyl (C=O) groups excluding carboxylic acids is 1. The van der Waals surface area contributed by atoms with Crippen LogP contribution in [-0.4, -0.2) is 21.1 Å². The Morgan fingerprint density at radius 3 is 2.58 bits per heavy atom. The van der Waals surface area contributed by atoms with Crippen molar-refractivity contribution in [1.29, 1.82) is 0 Å². The monoisotopic (exact) mass is 352 g/mol. The van der Waals surface area contributed by atoms with E-state index in [9.17, 15) is 18.0 Å². The highest BCUT2D eigenvalue weighted by atomic mass is 32.1. The number of nitrogens with zero attached hydrogens (tertiary/aromatic N) is 2. The van der Waals surface area contributed by atoms with E-state index >= 15 is 0 Å². The number of anilines is 1. The highest BCUT2D eigenvalue weighted by Gasteiger charge is 2.29. The molecular weight excluding hydrogens is 341 g/mol. The van der Waals surface area contributed by atoms with Gasteiger partial charge in [-0.1, -0.05) is 12.1 Å². The smallest absolute Gasteiger partial charge is 0.297 e. The third-order valence-electron chi connectivity index (χ3n) is 3.18. The van der Waals surface area contributed by atoms with Gasteiger partial charge in [0.05, 0.1) is 5.56 Å². The number of amides is 1. The molecule has 0 saturated heterocycles. The van der Waals surface area contributed by atoms with Crippen molar-refractivity contribution < 1.29 is 18.0 Å². The molecule has 2 N–H and O–H groups in total. The van der Waals surface area contributed by atoms with Gasteiger partial charge in [-0.2, -0.15) is 18.3 Å². The summed E-state index contributed by atoms with van der Waals surface area (Å²) in [5, 5.41) is 9.27. The minimum Gasteiger partial charge on any atom is -0.297 e. The maximum atomic E-state index is 12.5. The molecule has 1 aromatic carbocycles. The number of H-pyrrole nitrogens is 1. The fourth-order valence-corrected chi connectivity index (χ4v) is 2.85. The lowest BCUT2D eigenvalue weighted by molar-refractivity contribution is -0.137. The van der Waals surface area contributed by atoms with E-state index in [1.54, 1.807) is 6.20 Å². The quantitative estimate of drug-likeness (QED) is 0.752. The first-order chi connectivity index (χ1) is 11.4. The van der Waals surface area contributed by atoms with Crippen molar-refractivity contribution in [3.8, 4) is 0 Å². The molecule has 24 heavy (non-hydrogen) atoms. The van der Waals surface area contributed by atoms with Gasteiger partial charge in [0.15, 0.2) is 5.13 Å². The summed E-state index contributed by atoms with van der Waals surface area (Å²) < 4.78 is 37.6. The summed E-state index contributed by atoms with van der Waals surface area (Å²) >= 11 is 1.26. The fraction of sp³-hybridized carbons (Fsp3) is 0.133. The number of alkyl halides is 3. The Balaban J connectivity index is 1.65. The molecule has 0 unspecified atom stereocenters. The molecule has 9 heteroatoms. The standard InChI is InChI=1S/C15H11F3N4OS/c16-15(17,18)10-3-1-9(2-4-10)7-11-8-19-14(24-11)21-13(23)12-5-6-20-22-12/h1-6,8H,7H2,(H,20,22)(H,19,21,23). The van der Waals surface area contributed by atoms with Crippen LogP contribution in [0.3, 0.4) is 0 Å². The summed E-state index contributed by atoms with van der Waals surface area (Å²) in [5.74, 6) is -0.358. The van der Waals surface area contributed by atoms with Crippen LogP contribution in [0.25, 0.3) is 0 Å². The summed E-state index contributed by atoms with van der Waals surface area (Å²) in [7, 11) is 0. The predicted octanol–water partition coefficient (Wildman–Crippen LogP) is 3.73. The SMILES string of the molecule is O=C(Nc1ncc(Cc2ccc(C(F)(F)F)cc2)s1)c1ccn[nH]1. The molecule has 2 heterocycles. The zero-order chi connectivity index (χ0) is 17.2. The summed E-state index contributed by atoms with van der Waals surface area (Å²) in [5.41, 5.74) is 0.371. The van der Waals surface area contributed by atoms with Gasteiger partial charge in [0, 0.05) is 23.7 Å². The van der Waals surface area contributed by atoms with Crippen LogP contribution in [0.4, 0.5) is 18.3 Å². The second kappa shape index (κ2) is 6.44. The third kappa shape index (κ3) is 3.80. The zero-order valence-corrected chi connectivity index (χ0v) is 12.9. The second-order valence-electron chi connectivity index (χ2n) is 4.93. The van der Waals surface area contributed by atoms with Crippen molar-refractivity contribution in [2.45, 2.75) is 12.6 Å². The number of benzene rings is 1. The lowest BCUT2D eigenvalue weighted by Gasteiger charge is -2.06. The minimum atomic E-state index is -4.34. The van der Waals surface area contributed by atoms with Gasteiger partial charge in [-0.3, -0.25) is 15.2 Å². The average Bonchev–Trinajstić information content (AvgIpc) is 3.19. The summed E-state index contributed by atoms with van der Waals surface area (Å²) in [6.07, 6.45) is -0.847. The van der Waals surface area contributed by atoms with E-state index < -0.39 is 11.7 Å². The van der Waals surface area contributed by atoms with Crippen LogP contribution in [-0.2, 0) is 12.6 Å². The molecule has 1 amide bonds. The van der Waals surface area contributed by atoms with Gasteiger partial charge in [0.2, 0.25) is 0 Å². The van der Waals surface area contributed by atoms with E-state index in [4.69, 9.17) is 0 Å². The minimum absolute atomic E-state index is 0.314. The van der Waals surface area contributed by atoms with Gasteiger partial charge >= 0.3 is 6.18 Å². The van der Waals surface area contributed by atoms with Crippen LogP contribution in [0.5, 0.6) is 0 Å². The average molecular weight is 352 g/mol. The first-order valence-electron chi connectivity index (χ1n) is 6.83. The van der Waals surface area contributed by atoms with Gasteiger partial charge < -0.3 is 0 Å². The summed E-state index contributed by atoms with van der Waals surface area (Å²) in [6, 6.07) is 6.51. The number of hydrogen-bond acceptors (Lipinski definition) is 4. The highest BCUT2D eigenvalue weighted by molar-refractivity contribution is 7.15. The van der Waals surface area contributed by atoms with Crippen LogP contribution >= 0.6 is 11.3 Å². The van der Waals surface area contributed by atoms with E-state index in [0.29, 0.717) is 17.2 Å². The lowest BCUT2D eigenvalue weighted by atomic mass is 10.1. The number of hydrogen-bond donors (Lipinski definition) is 2. The molecule has 0 aliphatic heterocycles. The van der Waals surface area contributed by atoms with Crippen molar-refractivity contribution in [2.75, 3.05) is 5.32 Å². The van der Waals surface area contributed by atoms with Crippen LogP contribution in [0, 0.1) is 0 Å². The predicted molar refractivity (Wildman–Crippen MR) is 82.9 cm³/mol. The van der Waals surface area contributed by atoms with E-state index in [-0.39, 0.29) is 5.91 Å². The second-order valence-corrected chi connectivity index (χ2v) is 6.04. The van der Waals surface area contributed by atoms with Crippen LogP contribution in [0.1, 0.15) is 26.5 Å². The Morgan fingerprint density at radius 2 is 1.96 bits per heavy atom. The molecule has 0 fully saturated rings. The van der Waals surface area contributed by atoms with Crippen molar-refractivity contribution >= 4 is 22.4 Å². The molecule has 0 aliphatic rings. The number of aromatic amines is 1. The Morgan fingerprint density at radius 1 is 1.21 bits per heavy atom. The zero-order valence-electron chi connectivity index (χ0n) is 12.1. The molecule has 2 aromatic heterocycles. The number of aromatic nitrogens is 3. The molecule has 3 rings (SSSR count). The van der Waals surface area contributed by atoms with Gasteiger partial charge in [-0.25, -0.2) is 4.98 Å². The maximum Gasteiger partial charge on any atom is 0.416 e. The molecule has 5 nitrogen and oxygen atoms in total. The van der Waals surface area contributed by atoms with Crippen molar-refractivity contribution in [2.24, 2.45) is 0 Å². The Hall–Kier alpha value is -2.68. The van der Waals surface area contributed by atoms with Crippen LogP contribution in [0.2, 0.25) is 0 Å². The molecule has 0 atom stereocenters. The lowest BCUT2D eigenvalue weighted by Crippen LogP contribution is -2.11. The van der Waals surface area contributed by atoms with Crippen molar-refractivity contribution in [3.05, 3.63) is 64.4 Å². The Bertz CT molecular complexity index is 825. The van der Waals surface area contributed by atoms with Crippen molar-refractivity contribution in [1.82, 2.24) is 15.2 Å². The molecule has 0 saturated carbocycles. The topological polar surface area (TPSA) is 70.7 Å². The molecule has 124 valence electrons. The molecule has 0 spiro atoms. The summed E-state index contributed by atoms with van der Waals surface area (Å²) in [6.45, 7) is 0. The number of rotatable bonds is 4. The molecule has 0 bridgehead atoms. The van der Waals surface area contributed by atoms with Gasteiger partial charge in [-0.15, -0.1) is 11.3 Å². The van der Waals surface area contributed by atoms with Gasteiger partial charge in [-0.05, 0) is 23.8 Å². The molecule has 3 aromatic rings. The molecular formula is C15H11F3N4OS. The Kier molecular flexibility index (Phi) is 4.34. The Labute approximate surface area is 138 Å². The maximum absolute atomic E-state index is 12.5. The highest BCUT2D eigenvalue weighted by Crippen LogP contribution is 2.29. The number of thiazole rings is 1. The van der Waals surface area contributed by atoms with Crippen LogP contribution < -0.4 is 5.32 Å². The first-order valence-corrected chi connectivity index (χ1v) is 7.65. The van der Waals surface area contributed by atoms with Gasteiger partial charge in [0.25, 0.3) is 5.91 Å². The van der Waals surface area contributed by atoms with Crippen molar-refractivity contribution in [3.63, 3.8) is 0 Å². The number of nitrogens with one attached hydrogen (secondary N) is 2. The van der Waals surface area contributed by atoms with E-state index in [0.717, 1.165) is 22.6 Å². The molecule has 0 radical (unpaired) electrons. The summed E-state index contributed by atoms with van der Waals surface area (Å²) in [4.78, 5) is 16.8. The molecule has 0 aliphatic carbocycles. The van der Waals surface area contributed by atoms with E-state index in [1.165, 1.54) is 35.7 Å². The fourth-order valence-electron chi connectivity index (χ4n) is 2.01. The van der Waals surface area contributed by atoms with Crippen LogP contribution in [0.15, 0.2) is 42.7 Å². The van der Waals surface area contributed by atoms with Gasteiger partial charge in [0.1, 0.15) is 5.69 Å². The third-order valence-corrected chi connectivity index (χ3v) is 4.09. The largest absolute Gasteiger partial charge is 0.416 e. The number of carbonyl (C=O) groups is 1. The first kappa shape index (κ1) is 16.2.